The maximum atomic E-state index is 14.4. The van der Waals surface area contributed by atoms with Crippen LogP contribution in [0.4, 0.5) is 61.5 Å². The molecule has 2 heterocycles. The summed E-state index contributed by atoms with van der Waals surface area (Å²) in [6, 6.07) is 3.56. The normalized spacial score (nSPS) is 24.5. The van der Waals surface area contributed by atoms with E-state index < -0.39 is 98.3 Å². The molecule has 2 aliphatic carbocycles. The first-order chi connectivity index (χ1) is 23.4. The number of H-pyrrole nitrogens is 2. The minimum Gasteiger partial charge on any atom is -0.399 e. The van der Waals surface area contributed by atoms with Crippen molar-refractivity contribution < 1.29 is 71.0 Å². The Labute approximate surface area is 295 Å². The van der Waals surface area contributed by atoms with Crippen LogP contribution >= 0.6 is 23.2 Å². The van der Waals surface area contributed by atoms with Gasteiger partial charge in [-0.1, -0.05) is 23.2 Å². The lowest BCUT2D eigenvalue weighted by atomic mass is 9.73. The van der Waals surface area contributed by atoms with Gasteiger partial charge in [-0.15, -0.1) is 0 Å². The maximum absolute atomic E-state index is 14.4. The van der Waals surface area contributed by atoms with Crippen LogP contribution in [0.3, 0.4) is 0 Å². The fourth-order valence-electron chi connectivity index (χ4n) is 7.18. The van der Waals surface area contributed by atoms with Crippen LogP contribution in [0.5, 0.6) is 0 Å². The zero-order valence-electron chi connectivity index (χ0n) is 26.7. The van der Waals surface area contributed by atoms with Gasteiger partial charge in [0.15, 0.2) is 8.32 Å². The molecule has 0 aliphatic heterocycles. The van der Waals surface area contributed by atoms with Crippen LogP contribution < -0.4 is 0 Å². The van der Waals surface area contributed by atoms with E-state index >= 15 is 0 Å². The molecule has 2 aromatic carbocycles. The summed E-state index contributed by atoms with van der Waals surface area (Å²) in [4.78, 5) is 4.55. The van der Waals surface area contributed by atoms with E-state index in [1.54, 1.807) is 0 Å². The lowest BCUT2D eigenvalue weighted by Crippen LogP contribution is -2.60. The molecule has 0 amide bonds. The first kappa shape index (κ1) is 40.4. The Balaban J connectivity index is 0.000000203. The molecule has 0 spiro atoms. The molecule has 288 valence electrons. The third kappa shape index (κ3) is 6.66. The summed E-state index contributed by atoms with van der Waals surface area (Å²) >= 11 is 11.7. The second-order valence-corrected chi connectivity index (χ2v) is 18.8. The highest BCUT2D eigenvalue weighted by Gasteiger charge is 2.72. The first-order valence-corrected chi connectivity index (χ1v) is 19.3. The molecule has 6 rings (SSSR count). The van der Waals surface area contributed by atoms with E-state index in [1.165, 1.54) is 19.6 Å². The zero-order valence-corrected chi connectivity index (χ0v) is 29.2. The number of aromatic amines is 2. The zero-order chi connectivity index (χ0) is 39.4. The number of aromatic nitrogens is 2. The molecule has 0 radical (unpaired) electrons. The monoisotopic (exact) mass is 822 g/mol. The molecule has 0 bridgehead atoms. The predicted molar refractivity (Wildman–Crippen MR) is 164 cm³/mol. The van der Waals surface area contributed by atoms with Crippen LogP contribution in [-0.2, 0) is 28.5 Å². The molecular weight excluding hydrogens is 797 g/mol. The number of benzene rings is 2. The molecule has 3 N–H and O–H groups in total. The molecule has 0 fully saturated rings. The maximum Gasteiger partial charge on any atom is 0.423 e. The quantitative estimate of drug-likeness (QED) is 0.139. The van der Waals surface area contributed by atoms with Gasteiger partial charge in [0, 0.05) is 10.8 Å². The molecule has 0 saturated heterocycles. The molecule has 0 saturated carbocycles. The standard InChI is InChI=1S/C17H17ClF7NOSi.C14H9ClF7NO/c1-28(2,3)27-15(17(23,24)25)12(16(20,21)22)5-4-9-10-6-8(19)7-11(18)13(10)26-14(9)15;15-8-4-5(16)3-7-6-1-2-9(13(17,18)19)12(24,14(20,21)22)11(6)23-10(7)8/h6-7,12,26H,4-5H2,1-3H3;3-4,9,23-24H,1-2H2. The van der Waals surface area contributed by atoms with Gasteiger partial charge in [-0.3, -0.25) is 0 Å². The fourth-order valence-corrected chi connectivity index (χ4v) is 9.02. The van der Waals surface area contributed by atoms with Gasteiger partial charge < -0.3 is 19.5 Å². The van der Waals surface area contributed by atoms with Crippen LogP contribution in [0, 0.1) is 23.5 Å². The second kappa shape index (κ2) is 12.7. The third-order valence-electron chi connectivity index (χ3n) is 9.09. The summed E-state index contributed by atoms with van der Waals surface area (Å²) < 4.78 is 197. The van der Waals surface area contributed by atoms with Gasteiger partial charge in [-0.25, -0.2) is 8.78 Å². The van der Waals surface area contributed by atoms with E-state index in [0.29, 0.717) is 0 Å². The summed E-state index contributed by atoms with van der Waals surface area (Å²) in [7, 11) is -3.14. The van der Waals surface area contributed by atoms with Gasteiger partial charge in [-0.2, -0.15) is 52.7 Å². The number of halogens is 16. The van der Waals surface area contributed by atoms with E-state index in [2.05, 4.69) is 9.97 Å². The number of nitrogens with one attached hydrogen (secondary N) is 2. The Bertz CT molecular complexity index is 2010. The van der Waals surface area contributed by atoms with Crippen LogP contribution in [0.1, 0.15) is 35.4 Å². The van der Waals surface area contributed by atoms with Crippen molar-refractivity contribution in [3.63, 3.8) is 0 Å². The van der Waals surface area contributed by atoms with Crippen LogP contribution in [0.2, 0.25) is 29.7 Å². The molecule has 2 aromatic heterocycles. The van der Waals surface area contributed by atoms with Crippen molar-refractivity contribution in [3.05, 3.63) is 68.5 Å². The number of hydrogen-bond donors (Lipinski definition) is 3. The van der Waals surface area contributed by atoms with E-state index in [9.17, 15) is 66.6 Å². The van der Waals surface area contributed by atoms with Crippen LogP contribution in [-0.4, -0.2) is 48.1 Å². The minimum atomic E-state index is -5.59. The van der Waals surface area contributed by atoms with Crippen molar-refractivity contribution in [2.45, 2.75) is 81.2 Å². The number of aliphatic hydroxyl groups is 1. The van der Waals surface area contributed by atoms with E-state index in [4.69, 9.17) is 27.6 Å². The molecule has 4 aromatic rings. The second-order valence-electron chi connectivity index (χ2n) is 13.6. The molecule has 4 unspecified atom stereocenters. The lowest BCUT2D eigenvalue weighted by Gasteiger charge is -2.48. The SMILES string of the molecule is C[Si](C)(C)OC1(C(F)(F)F)c2[nH]c3c(Cl)cc(F)cc3c2CCC1C(F)(F)F.OC1(C(F)(F)F)c2[nH]c3c(Cl)cc(F)cc3c2CCC1C(F)(F)F. The van der Waals surface area contributed by atoms with Gasteiger partial charge in [0.05, 0.1) is 44.3 Å². The Hall–Kier alpha value is -2.74. The van der Waals surface area contributed by atoms with Crippen molar-refractivity contribution >= 4 is 53.3 Å². The number of rotatable bonds is 2. The smallest absolute Gasteiger partial charge is 0.399 e. The van der Waals surface area contributed by atoms with Crippen LogP contribution in [0.25, 0.3) is 21.8 Å². The molecular formula is C31H26Cl2F14N2O2Si. The van der Waals surface area contributed by atoms with E-state index in [1.807, 2.05) is 0 Å². The van der Waals surface area contributed by atoms with Crippen molar-refractivity contribution in [2.75, 3.05) is 0 Å². The van der Waals surface area contributed by atoms with Crippen molar-refractivity contribution in [1.29, 1.82) is 0 Å². The van der Waals surface area contributed by atoms with Gasteiger partial charge in [0.2, 0.25) is 11.2 Å². The summed E-state index contributed by atoms with van der Waals surface area (Å²) in [5, 5.41) is 9.57. The number of fused-ring (bicyclic) bond motifs is 6. The minimum absolute atomic E-state index is 0.0356. The van der Waals surface area contributed by atoms with Crippen molar-refractivity contribution in [1.82, 2.24) is 9.97 Å². The summed E-state index contributed by atoms with van der Waals surface area (Å²) in [6.45, 7) is 4.16. The molecule has 2 aliphatic rings. The van der Waals surface area contributed by atoms with Gasteiger partial charge in [0.25, 0.3) is 0 Å². The highest BCUT2D eigenvalue weighted by atomic mass is 35.5. The highest BCUT2D eigenvalue weighted by molar-refractivity contribution is 6.69. The summed E-state index contributed by atoms with van der Waals surface area (Å²) in [6.07, 6.45) is -23.9. The van der Waals surface area contributed by atoms with Crippen molar-refractivity contribution in [2.24, 2.45) is 11.8 Å². The van der Waals surface area contributed by atoms with Gasteiger partial charge in [0.1, 0.15) is 11.6 Å². The molecule has 4 atom stereocenters. The Kier molecular flexibility index (Phi) is 9.85. The van der Waals surface area contributed by atoms with E-state index in [-0.39, 0.29) is 49.4 Å². The van der Waals surface area contributed by atoms with Gasteiger partial charge >= 0.3 is 24.7 Å². The number of aryl methyl sites for hydroxylation is 2. The van der Waals surface area contributed by atoms with Crippen LogP contribution in [0.15, 0.2) is 24.3 Å². The topological polar surface area (TPSA) is 61.0 Å². The largest absolute Gasteiger partial charge is 0.423 e. The lowest BCUT2D eigenvalue weighted by molar-refractivity contribution is -0.337. The molecule has 21 heteroatoms. The Morgan fingerprint density at radius 3 is 1.46 bits per heavy atom. The third-order valence-corrected chi connectivity index (χ3v) is 10.6. The number of hydrogen-bond acceptors (Lipinski definition) is 2. The Morgan fingerprint density at radius 2 is 1.08 bits per heavy atom. The van der Waals surface area contributed by atoms with E-state index in [0.717, 1.165) is 24.3 Å². The van der Waals surface area contributed by atoms with Crippen molar-refractivity contribution in [3.8, 4) is 0 Å². The summed E-state index contributed by atoms with van der Waals surface area (Å²) in [5.41, 5.74) is -9.99. The fraction of sp³-hybridized carbons (Fsp3) is 0.484. The predicted octanol–water partition coefficient (Wildman–Crippen LogP) is 11.5. The molecule has 52 heavy (non-hydrogen) atoms. The Morgan fingerprint density at radius 1 is 0.673 bits per heavy atom. The van der Waals surface area contributed by atoms with Gasteiger partial charge in [-0.05, 0) is 80.7 Å². The average molecular weight is 824 g/mol. The highest BCUT2D eigenvalue weighted by Crippen LogP contribution is 2.60. The molecule has 4 nitrogen and oxygen atoms in total. The summed E-state index contributed by atoms with van der Waals surface area (Å²) in [5.74, 6) is -7.46. The average Bonchev–Trinajstić information content (AvgIpc) is 3.51. The number of alkyl halides is 12. The first-order valence-electron chi connectivity index (χ1n) is 15.1.